The van der Waals surface area contributed by atoms with E-state index in [0.717, 1.165) is 12.8 Å². The van der Waals surface area contributed by atoms with Crippen LogP contribution in [0.15, 0.2) is 22.8 Å². The van der Waals surface area contributed by atoms with Crippen molar-refractivity contribution in [1.29, 1.82) is 0 Å². The lowest BCUT2D eigenvalue weighted by Gasteiger charge is -2.26. The average Bonchev–Trinajstić information content (AvgIpc) is 2.78. The number of nitrogens with one attached hydrogen (secondary N) is 2. The number of hydrogen-bond donors (Lipinski definition) is 3. The number of carbonyl (C=O) groups excluding carboxylic acids is 1. The maximum absolute atomic E-state index is 13.5. The number of likely N-dealkylation sites (tertiary alicyclic amines) is 1. The SMILES string of the molecule is CO/C(N)=C(/C=NCCN(C)C)Nc1ncc(C(F)(F)F)c(NCCCN2CCCCC2=O)n1. The second kappa shape index (κ2) is 13.0. The molecule has 1 aromatic heterocycles. The molecule has 1 aliphatic rings. The molecule has 0 saturated carbocycles. The molecular formula is C21H33F3N8O2. The number of alkyl halides is 3. The fourth-order valence-electron chi connectivity index (χ4n) is 3.16. The van der Waals surface area contributed by atoms with Crippen LogP contribution in [-0.2, 0) is 15.7 Å². The Morgan fingerprint density at radius 2 is 2.15 bits per heavy atom. The summed E-state index contributed by atoms with van der Waals surface area (Å²) >= 11 is 0. The summed E-state index contributed by atoms with van der Waals surface area (Å²) in [4.78, 5) is 27.6. The van der Waals surface area contributed by atoms with Gasteiger partial charge < -0.3 is 30.9 Å². The van der Waals surface area contributed by atoms with Crippen molar-refractivity contribution in [2.24, 2.45) is 10.7 Å². The highest BCUT2D eigenvalue weighted by molar-refractivity contribution is 5.82. The molecule has 1 aromatic rings. The summed E-state index contributed by atoms with van der Waals surface area (Å²) in [6.45, 7) is 2.54. The second-order valence-corrected chi connectivity index (χ2v) is 8.02. The number of rotatable bonds is 12. The number of carbonyl (C=O) groups is 1. The first kappa shape index (κ1) is 27.2. The molecule has 0 unspecified atom stereocenters. The number of halogens is 3. The summed E-state index contributed by atoms with van der Waals surface area (Å²) in [7, 11) is 5.17. The molecule has 2 heterocycles. The summed E-state index contributed by atoms with van der Waals surface area (Å²) < 4.78 is 45.5. The highest BCUT2D eigenvalue weighted by Gasteiger charge is 2.35. The number of hydrogen-bond acceptors (Lipinski definition) is 9. The number of methoxy groups -OCH3 is 1. The third-order valence-corrected chi connectivity index (χ3v) is 5.04. The van der Waals surface area contributed by atoms with Crippen LogP contribution in [0.4, 0.5) is 24.9 Å². The van der Waals surface area contributed by atoms with Gasteiger partial charge in [-0.2, -0.15) is 18.2 Å². The molecule has 0 aromatic carbocycles. The van der Waals surface area contributed by atoms with Gasteiger partial charge in [-0.1, -0.05) is 0 Å². The highest BCUT2D eigenvalue weighted by Crippen LogP contribution is 2.33. The predicted octanol–water partition coefficient (Wildman–Crippen LogP) is 2.13. The molecule has 0 atom stereocenters. The maximum atomic E-state index is 13.5. The molecule has 190 valence electrons. The molecule has 0 bridgehead atoms. The summed E-state index contributed by atoms with van der Waals surface area (Å²) in [6.07, 6.45) is 0.311. The Labute approximate surface area is 197 Å². The van der Waals surface area contributed by atoms with E-state index in [0.29, 0.717) is 45.2 Å². The fraction of sp³-hybridized carbons (Fsp3) is 0.619. The molecule has 1 saturated heterocycles. The average molecular weight is 487 g/mol. The first-order valence-electron chi connectivity index (χ1n) is 11.0. The standard InChI is InChI=1S/C21H33F3N8O2/c1-31(2)12-9-26-14-16(18(25)34-3)29-20-28-13-15(21(22,23)24)19(30-20)27-8-6-11-32-10-5-4-7-17(32)33/h13-14H,4-12,25H2,1-3H3,(H2,27,28,29,30)/b18-16-,26-14?. The minimum Gasteiger partial charge on any atom is -0.481 e. The number of aromatic nitrogens is 2. The van der Waals surface area contributed by atoms with Crippen LogP contribution in [0, 0.1) is 0 Å². The van der Waals surface area contributed by atoms with Crippen molar-refractivity contribution in [3.8, 4) is 0 Å². The van der Waals surface area contributed by atoms with Crippen LogP contribution >= 0.6 is 0 Å². The van der Waals surface area contributed by atoms with Crippen molar-refractivity contribution in [3.05, 3.63) is 23.3 Å². The topological polar surface area (TPSA) is 121 Å². The van der Waals surface area contributed by atoms with Gasteiger partial charge in [0.2, 0.25) is 17.7 Å². The lowest BCUT2D eigenvalue weighted by molar-refractivity contribution is -0.137. The Kier molecular flexibility index (Phi) is 10.4. The first-order chi connectivity index (χ1) is 16.1. The van der Waals surface area contributed by atoms with Gasteiger partial charge in [0.25, 0.3) is 0 Å². The van der Waals surface area contributed by atoms with Gasteiger partial charge in [0.1, 0.15) is 17.1 Å². The van der Waals surface area contributed by atoms with Crippen molar-refractivity contribution in [3.63, 3.8) is 0 Å². The number of ether oxygens (including phenoxy) is 1. The number of piperidine rings is 1. The highest BCUT2D eigenvalue weighted by atomic mass is 19.4. The van der Waals surface area contributed by atoms with Crippen molar-refractivity contribution < 1.29 is 22.7 Å². The normalized spacial score (nSPS) is 15.6. The van der Waals surface area contributed by atoms with Crippen LogP contribution in [-0.4, -0.2) is 85.8 Å². The quantitative estimate of drug-likeness (QED) is 0.233. The van der Waals surface area contributed by atoms with Gasteiger partial charge in [-0.05, 0) is 33.4 Å². The number of nitrogens with zero attached hydrogens (tertiary/aromatic N) is 5. The van der Waals surface area contributed by atoms with Crippen molar-refractivity contribution >= 4 is 23.9 Å². The zero-order chi connectivity index (χ0) is 25.1. The lowest BCUT2D eigenvalue weighted by atomic mass is 10.1. The van der Waals surface area contributed by atoms with E-state index in [9.17, 15) is 18.0 Å². The number of likely N-dealkylation sites (N-methyl/N-ethyl adjacent to an activating group) is 1. The van der Waals surface area contributed by atoms with Crippen LogP contribution in [0.1, 0.15) is 31.2 Å². The van der Waals surface area contributed by atoms with E-state index in [-0.39, 0.29) is 35.8 Å². The van der Waals surface area contributed by atoms with Gasteiger partial charge >= 0.3 is 6.18 Å². The maximum Gasteiger partial charge on any atom is 0.421 e. The van der Waals surface area contributed by atoms with Gasteiger partial charge in [-0.25, -0.2) is 4.98 Å². The van der Waals surface area contributed by atoms with Crippen molar-refractivity contribution in [2.45, 2.75) is 31.9 Å². The van der Waals surface area contributed by atoms with E-state index in [1.165, 1.54) is 13.3 Å². The Bertz CT molecular complexity index is 874. The van der Waals surface area contributed by atoms with E-state index < -0.39 is 11.7 Å². The predicted molar refractivity (Wildman–Crippen MR) is 124 cm³/mol. The van der Waals surface area contributed by atoms with Crippen molar-refractivity contribution in [2.75, 3.05) is 64.6 Å². The molecule has 1 amide bonds. The van der Waals surface area contributed by atoms with E-state index in [2.05, 4.69) is 25.6 Å². The summed E-state index contributed by atoms with van der Waals surface area (Å²) in [5, 5.41) is 5.50. The molecule has 0 radical (unpaired) electrons. The lowest BCUT2D eigenvalue weighted by Crippen LogP contribution is -2.36. The number of allylic oxidation sites excluding steroid dienone is 1. The van der Waals surface area contributed by atoms with Crippen LogP contribution in [0.25, 0.3) is 0 Å². The molecule has 4 N–H and O–H groups in total. The molecule has 2 rings (SSSR count). The molecule has 0 aliphatic carbocycles. The third kappa shape index (κ3) is 8.69. The first-order valence-corrected chi connectivity index (χ1v) is 11.0. The number of aliphatic imine (C=N–C) groups is 1. The Hall–Kier alpha value is -3.09. The number of nitrogens with two attached hydrogens (primary N) is 1. The van der Waals surface area contributed by atoms with E-state index in [4.69, 9.17) is 10.5 Å². The van der Waals surface area contributed by atoms with Crippen LogP contribution in [0.3, 0.4) is 0 Å². The van der Waals surface area contributed by atoms with Gasteiger partial charge in [0.05, 0.1) is 19.9 Å². The summed E-state index contributed by atoms with van der Waals surface area (Å²) in [5.41, 5.74) is 5.06. The Balaban J connectivity index is 2.11. The summed E-state index contributed by atoms with van der Waals surface area (Å²) in [5.74, 6) is -0.401. The van der Waals surface area contributed by atoms with Crippen molar-refractivity contribution in [1.82, 2.24) is 19.8 Å². The molecule has 10 nitrogen and oxygen atoms in total. The Morgan fingerprint density at radius 1 is 1.38 bits per heavy atom. The molecule has 1 aliphatic heterocycles. The number of anilines is 2. The zero-order valence-electron chi connectivity index (χ0n) is 19.8. The smallest absolute Gasteiger partial charge is 0.421 e. The zero-order valence-corrected chi connectivity index (χ0v) is 19.8. The van der Waals surface area contributed by atoms with Gasteiger partial charge in [-0.3, -0.25) is 9.79 Å². The summed E-state index contributed by atoms with van der Waals surface area (Å²) in [6, 6.07) is 0. The molecular weight excluding hydrogens is 453 g/mol. The van der Waals surface area contributed by atoms with Crippen LogP contribution in [0.5, 0.6) is 0 Å². The second-order valence-electron chi connectivity index (χ2n) is 8.02. The minimum atomic E-state index is -4.64. The van der Waals surface area contributed by atoms with Crippen LogP contribution in [0.2, 0.25) is 0 Å². The van der Waals surface area contributed by atoms with Crippen LogP contribution < -0.4 is 16.4 Å². The van der Waals surface area contributed by atoms with Gasteiger partial charge in [0, 0.05) is 38.8 Å². The molecule has 34 heavy (non-hydrogen) atoms. The molecule has 0 spiro atoms. The van der Waals surface area contributed by atoms with Gasteiger partial charge in [-0.15, -0.1) is 0 Å². The van der Waals surface area contributed by atoms with E-state index in [1.54, 1.807) is 4.90 Å². The number of amides is 1. The third-order valence-electron chi connectivity index (χ3n) is 5.04. The van der Waals surface area contributed by atoms with E-state index >= 15 is 0 Å². The largest absolute Gasteiger partial charge is 0.481 e. The monoisotopic (exact) mass is 486 g/mol. The Morgan fingerprint density at radius 3 is 2.79 bits per heavy atom. The van der Waals surface area contributed by atoms with Gasteiger partial charge in [0.15, 0.2) is 0 Å². The fourth-order valence-corrected chi connectivity index (χ4v) is 3.16. The molecule has 1 fully saturated rings. The van der Waals surface area contributed by atoms with E-state index in [1.807, 2.05) is 19.0 Å². The minimum absolute atomic E-state index is 0.0159. The molecule has 13 heteroatoms.